The summed E-state index contributed by atoms with van der Waals surface area (Å²) in [7, 11) is -3.40. The van der Waals surface area contributed by atoms with E-state index in [1.54, 1.807) is 0 Å². The van der Waals surface area contributed by atoms with Gasteiger partial charge in [-0.2, -0.15) is 0 Å². The first-order chi connectivity index (χ1) is 14.9. The minimum absolute atomic E-state index is 0. The number of ether oxygens (including phenoxy) is 2. The third kappa shape index (κ3) is 7.82. The van der Waals surface area contributed by atoms with E-state index in [1.165, 1.54) is 0 Å². The maximum atomic E-state index is 12.4. The van der Waals surface area contributed by atoms with Crippen molar-refractivity contribution in [1.82, 2.24) is 15.4 Å². The van der Waals surface area contributed by atoms with E-state index in [2.05, 4.69) is 20.3 Å². The van der Waals surface area contributed by atoms with Gasteiger partial charge in [-0.3, -0.25) is 0 Å². The number of rotatable bonds is 9. The number of fused-ring (bicyclic) bond motifs is 1. The summed E-state index contributed by atoms with van der Waals surface area (Å²) in [4.78, 5) is 4.64. The zero-order valence-electron chi connectivity index (χ0n) is 18.6. The van der Waals surface area contributed by atoms with Crippen LogP contribution in [0.25, 0.3) is 0 Å². The van der Waals surface area contributed by atoms with E-state index in [4.69, 9.17) is 9.47 Å². The summed E-state index contributed by atoms with van der Waals surface area (Å²) < 4.78 is 38.1. The monoisotopic (exact) mass is 574 g/mol. The molecule has 1 aliphatic heterocycles. The molecular weight excluding hydrogens is 543 g/mol. The molecule has 8 nitrogen and oxygen atoms in total. The molecule has 0 spiro atoms. The van der Waals surface area contributed by atoms with Crippen molar-refractivity contribution in [2.24, 2.45) is 4.99 Å². The number of hydrogen-bond acceptors (Lipinski definition) is 5. The first-order valence-electron chi connectivity index (χ1n) is 10.3. The summed E-state index contributed by atoms with van der Waals surface area (Å²) in [6, 6.07) is 13.2. The van der Waals surface area contributed by atoms with E-state index >= 15 is 0 Å². The number of aliphatic imine (C=N–C) groups is 1. The Kier molecular flexibility index (Phi) is 10.0. The van der Waals surface area contributed by atoms with Crippen molar-refractivity contribution in [3.8, 4) is 11.5 Å². The first kappa shape index (κ1) is 26.2. The Hall–Kier alpha value is -2.05. The van der Waals surface area contributed by atoms with Gasteiger partial charge in [0.25, 0.3) is 0 Å². The summed E-state index contributed by atoms with van der Waals surface area (Å²) in [5, 5.41) is 6.52. The molecule has 32 heavy (non-hydrogen) atoms. The molecule has 1 heterocycles. The van der Waals surface area contributed by atoms with Crippen molar-refractivity contribution in [3.63, 3.8) is 0 Å². The Morgan fingerprint density at radius 3 is 2.50 bits per heavy atom. The van der Waals surface area contributed by atoms with Gasteiger partial charge in [-0.05, 0) is 49.6 Å². The number of benzene rings is 2. The number of halogens is 1. The molecule has 0 bridgehead atoms. The molecule has 3 rings (SSSR count). The molecule has 0 fully saturated rings. The molecule has 0 saturated heterocycles. The molecule has 10 heteroatoms. The van der Waals surface area contributed by atoms with E-state index in [9.17, 15) is 8.42 Å². The minimum Gasteiger partial charge on any atom is -0.454 e. The van der Waals surface area contributed by atoms with Crippen molar-refractivity contribution in [2.75, 3.05) is 13.3 Å². The summed E-state index contributed by atoms with van der Waals surface area (Å²) >= 11 is 0. The van der Waals surface area contributed by atoms with Crippen LogP contribution in [0.1, 0.15) is 37.5 Å². The Bertz CT molecular complexity index is 1030. The lowest BCUT2D eigenvalue weighted by Crippen LogP contribution is -2.37. The topological polar surface area (TPSA) is 101 Å². The van der Waals surface area contributed by atoms with Crippen LogP contribution >= 0.6 is 24.0 Å². The van der Waals surface area contributed by atoms with Crippen LogP contribution < -0.4 is 24.8 Å². The van der Waals surface area contributed by atoms with E-state index < -0.39 is 10.0 Å². The molecule has 0 aromatic heterocycles. The molecule has 0 unspecified atom stereocenters. The van der Waals surface area contributed by atoms with Crippen LogP contribution in [0.4, 0.5) is 0 Å². The van der Waals surface area contributed by atoms with Crippen molar-refractivity contribution < 1.29 is 17.9 Å². The van der Waals surface area contributed by atoms with E-state index in [1.807, 2.05) is 63.2 Å². The van der Waals surface area contributed by atoms with Crippen molar-refractivity contribution >= 4 is 40.0 Å². The molecule has 0 amide bonds. The Morgan fingerprint density at radius 1 is 1.06 bits per heavy atom. The lowest BCUT2D eigenvalue weighted by molar-refractivity contribution is 0.174. The van der Waals surface area contributed by atoms with Gasteiger partial charge in [-0.1, -0.05) is 30.3 Å². The number of guanidine groups is 1. The largest absolute Gasteiger partial charge is 0.454 e. The molecular formula is C22H31IN4O4S. The van der Waals surface area contributed by atoms with Crippen LogP contribution in [0.5, 0.6) is 11.5 Å². The highest BCUT2D eigenvalue weighted by Crippen LogP contribution is 2.32. The quantitative estimate of drug-likeness (QED) is 0.242. The molecule has 0 radical (unpaired) electrons. The smallest absolute Gasteiger partial charge is 0.231 e. The van der Waals surface area contributed by atoms with Gasteiger partial charge in [-0.25, -0.2) is 18.1 Å². The van der Waals surface area contributed by atoms with Crippen LogP contribution in [-0.2, 0) is 28.9 Å². The Morgan fingerprint density at radius 2 is 1.78 bits per heavy atom. The highest BCUT2D eigenvalue weighted by Gasteiger charge is 2.16. The number of nitrogens with one attached hydrogen (secondary N) is 3. The van der Waals surface area contributed by atoms with Crippen LogP contribution in [0, 0.1) is 0 Å². The van der Waals surface area contributed by atoms with E-state index in [0.29, 0.717) is 25.6 Å². The molecule has 1 aliphatic rings. The molecule has 176 valence electrons. The van der Waals surface area contributed by atoms with Gasteiger partial charge in [0.1, 0.15) is 0 Å². The van der Waals surface area contributed by atoms with Crippen LogP contribution in [0.15, 0.2) is 47.5 Å². The van der Waals surface area contributed by atoms with Crippen molar-refractivity contribution in [3.05, 3.63) is 59.2 Å². The van der Waals surface area contributed by atoms with E-state index in [0.717, 1.165) is 28.2 Å². The lowest BCUT2D eigenvalue weighted by Gasteiger charge is -2.15. The maximum absolute atomic E-state index is 12.4. The lowest BCUT2D eigenvalue weighted by atomic mass is 10.1. The van der Waals surface area contributed by atoms with E-state index in [-0.39, 0.29) is 42.6 Å². The van der Waals surface area contributed by atoms with Gasteiger partial charge in [0.15, 0.2) is 17.5 Å². The Balaban J connectivity index is 0.00000363. The normalized spacial score (nSPS) is 13.1. The van der Waals surface area contributed by atoms with Gasteiger partial charge in [0.2, 0.25) is 16.8 Å². The molecule has 2 aromatic rings. The fraction of sp³-hybridized carbons (Fsp3) is 0.409. The fourth-order valence-electron chi connectivity index (χ4n) is 3.21. The summed E-state index contributed by atoms with van der Waals surface area (Å²) in [5.74, 6) is 2.07. The second-order valence-corrected chi connectivity index (χ2v) is 9.29. The average Bonchev–Trinajstić information content (AvgIpc) is 3.17. The zero-order valence-corrected chi connectivity index (χ0v) is 21.7. The van der Waals surface area contributed by atoms with Crippen LogP contribution in [-0.4, -0.2) is 33.8 Å². The van der Waals surface area contributed by atoms with Crippen LogP contribution in [0.2, 0.25) is 0 Å². The highest BCUT2D eigenvalue weighted by atomic mass is 127. The van der Waals surface area contributed by atoms with Crippen molar-refractivity contribution in [1.29, 1.82) is 0 Å². The van der Waals surface area contributed by atoms with Crippen LogP contribution in [0.3, 0.4) is 0 Å². The number of sulfonamides is 1. The molecule has 2 aromatic carbocycles. The van der Waals surface area contributed by atoms with Gasteiger partial charge in [0.05, 0.1) is 12.3 Å². The number of hydrogen-bond donors (Lipinski definition) is 3. The summed E-state index contributed by atoms with van der Waals surface area (Å²) in [6.45, 7) is 7.50. The second kappa shape index (κ2) is 12.3. The van der Waals surface area contributed by atoms with Gasteiger partial charge >= 0.3 is 0 Å². The second-order valence-electron chi connectivity index (χ2n) is 7.54. The standard InChI is InChI=1S/C22H30N4O4S.HI/c1-4-23-22(24-12-17-9-10-20-21(11-17)30-15-29-20)25-13-18-7-5-6-8-19(18)14-31(27,28)26-16(2)3;/h5-11,16,26H,4,12-15H2,1-3H3,(H2,23,24,25);1H. The average molecular weight is 574 g/mol. The SMILES string of the molecule is CCNC(=NCc1ccc2c(c1)OCO2)NCc1ccccc1CS(=O)(=O)NC(C)C.I. The zero-order chi connectivity index (χ0) is 22.3. The third-order valence-electron chi connectivity index (χ3n) is 4.53. The van der Waals surface area contributed by atoms with Gasteiger partial charge in [-0.15, -0.1) is 24.0 Å². The maximum Gasteiger partial charge on any atom is 0.231 e. The fourth-order valence-corrected chi connectivity index (χ4v) is 4.70. The number of nitrogens with zero attached hydrogens (tertiary/aromatic N) is 1. The van der Waals surface area contributed by atoms with Crippen molar-refractivity contribution in [2.45, 2.75) is 45.7 Å². The Labute approximate surface area is 207 Å². The third-order valence-corrected chi connectivity index (χ3v) is 6.05. The summed E-state index contributed by atoms with van der Waals surface area (Å²) in [6.07, 6.45) is 0. The molecule has 3 N–H and O–H groups in total. The minimum atomic E-state index is -3.40. The molecule has 0 saturated carbocycles. The summed E-state index contributed by atoms with van der Waals surface area (Å²) in [5.41, 5.74) is 2.67. The van der Waals surface area contributed by atoms with Gasteiger partial charge < -0.3 is 20.1 Å². The molecule has 0 aliphatic carbocycles. The predicted octanol–water partition coefficient (Wildman–Crippen LogP) is 3.12. The first-order valence-corrected chi connectivity index (χ1v) is 12.0. The highest BCUT2D eigenvalue weighted by molar-refractivity contribution is 14.0. The predicted molar refractivity (Wildman–Crippen MR) is 137 cm³/mol. The van der Waals surface area contributed by atoms with Gasteiger partial charge in [0, 0.05) is 19.1 Å². The molecule has 0 atom stereocenters.